The number of hydrogen-bond donors (Lipinski definition) is 2. The Morgan fingerprint density at radius 3 is 2.62 bits per heavy atom. The molecule has 0 aliphatic carbocycles. The number of hydrogen-bond acceptors (Lipinski definition) is 4. The highest BCUT2D eigenvalue weighted by molar-refractivity contribution is 14.0. The maximum absolute atomic E-state index is 12.2. The molecule has 2 N–H and O–H groups in total. The van der Waals surface area contributed by atoms with E-state index in [-0.39, 0.29) is 40.7 Å². The fourth-order valence-corrected chi connectivity index (χ4v) is 3.03. The van der Waals surface area contributed by atoms with Crippen LogP contribution in [0.5, 0.6) is 0 Å². The molecule has 0 spiro atoms. The molecule has 26 heavy (non-hydrogen) atoms. The third-order valence-corrected chi connectivity index (χ3v) is 5.75. The number of nitrogens with zero attached hydrogens (tertiary/aromatic N) is 3. The Balaban J connectivity index is 0.00000625. The maximum Gasteiger partial charge on any atom is 0.239 e. The number of likely N-dealkylation sites (N-methyl/N-ethyl adjacent to an activating group) is 1. The highest BCUT2D eigenvalue weighted by Gasteiger charge is 2.30. The first kappa shape index (κ1) is 25.8. The lowest BCUT2D eigenvalue weighted by Crippen LogP contribution is -2.44. The van der Waals surface area contributed by atoms with Gasteiger partial charge in [-0.1, -0.05) is 0 Å². The number of aliphatic imine (C=N–C) groups is 1. The number of thioether (sulfide) groups is 1. The Bertz CT molecular complexity index is 445. The first-order chi connectivity index (χ1) is 11.8. The van der Waals surface area contributed by atoms with Crippen LogP contribution < -0.4 is 10.6 Å². The average Bonchev–Trinajstić information content (AvgIpc) is 3.04. The Morgan fingerprint density at radius 1 is 1.35 bits per heavy atom. The van der Waals surface area contributed by atoms with Gasteiger partial charge < -0.3 is 15.5 Å². The van der Waals surface area contributed by atoms with Gasteiger partial charge in [0, 0.05) is 38.5 Å². The van der Waals surface area contributed by atoms with E-state index in [4.69, 9.17) is 4.99 Å². The van der Waals surface area contributed by atoms with Crippen molar-refractivity contribution in [1.82, 2.24) is 20.4 Å². The largest absolute Gasteiger partial charge is 0.357 e. The molecule has 1 heterocycles. The smallest absolute Gasteiger partial charge is 0.239 e. The van der Waals surface area contributed by atoms with Crippen molar-refractivity contribution in [1.29, 1.82) is 0 Å². The fourth-order valence-electron chi connectivity index (χ4n) is 2.84. The van der Waals surface area contributed by atoms with Gasteiger partial charge in [-0.25, -0.2) is 0 Å². The quantitative estimate of drug-likeness (QED) is 0.221. The fraction of sp³-hybridized carbons (Fsp3) is 0.889. The maximum atomic E-state index is 12.2. The van der Waals surface area contributed by atoms with Gasteiger partial charge in [0.25, 0.3) is 0 Å². The second-order valence-corrected chi connectivity index (χ2v) is 8.88. The van der Waals surface area contributed by atoms with E-state index < -0.39 is 0 Å². The van der Waals surface area contributed by atoms with E-state index in [9.17, 15) is 4.79 Å². The second kappa shape index (κ2) is 13.0. The summed E-state index contributed by atoms with van der Waals surface area (Å²) in [6, 6.07) is 0.0688. The van der Waals surface area contributed by atoms with E-state index in [2.05, 4.69) is 42.6 Å². The van der Waals surface area contributed by atoms with Crippen LogP contribution in [-0.2, 0) is 4.79 Å². The molecule has 154 valence electrons. The van der Waals surface area contributed by atoms with Crippen molar-refractivity contribution in [3.63, 3.8) is 0 Å². The molecule has 0 radical (unpaired) electrons. The number of guanidine groups is 1. The minimum absolute atomic E-state index is 0. The summed E-state index contributed by atoms with van der Waals surface area (Å²) in [5.74, 6) is 1.12. The van der Waals surface area contributed by atoms with Gasteiger partial charge in [-0.15, -0.1) is 24.0 Å². The molecule has 0 bridgehead atoms. The van der Waals surface area contributed by atoms with Crippen LogP contribution in [0.15, 0.2) is 4.99 Å². The molecule has 0 aromatic rings. The highest BCUT2D eigenvalue weighted by Crippen LogP contribution is 2.21. The molecule has 1 atom stereocenters. The van der Waals surface area contributed by atoms with Crippen LogP contribution in [0.25, 0.3) is 0 Å². The Kier molecular flexibility index (Phi) is 12.9. The number of carbonyl (C=O) groups is 1. The van der Waals surface area contributed by atoms with E-state index in [0.29, 0.717) is 0 Å². The molecule has 8 heteroatoms. The van der Waals surface area contributed by atoms with Crippen LogP contribution in [0.1, 0.15) is 40.0 Å². The predicted molar refractivity (Wildman–Crippen MR) is 125 cm³/mol. The standard InChI is InChI=1S/C18H37N5OS.HI/c1-7-19-17(21-14-18(2,3)25-6)20-11-9-13-23-12-8-10-15(23)16(24)22(4)5;/h15H,7-14H2,1-6H3,(H2,19,20,21);1H. The summed E-state index contributed by atoms with van der Waals surface area (Å²) >= 11 is 1.83. The third kappa shape index (κ3) is 9.12. The molecule has 1 aliphatic heterocycles. The average molecular weight is 500 g/mol. The van der Waals surface area contributed by atoms with E-state index in [0.717, 1.165) is 57.9 Å². The van der Waals surface area contributed by atoms with Crippen molar-refractivity contribution < 1.29 is 4.79 Å². The number of nitrogens with one attached hydrogen (secondary N) is 2. The molecule has 1 rings (SSSR count). The van der Waals surface area contributed by atoms with Gasteiger partial charge in [0.05, 0.1) is 12.6 Å². The summed E-state index contributed by atoms with van der Waals surface area (Å²) in [6.45, 7) is 11.0. The highest BCUT2D eigenvalue weighted by atomic mass is 127. The first-order valence-electron chi connectivity index (χ1n) is 9.33. The van der Waals surface area contributed by atoms with Gasteiger partial charge in [-0.05, 0) is 52.8 Å². The van der Waals surface area contributed by atoms with E-state index in [1.54, 1.807) is 4.90 Å². The normalized spacial score (nSPS) is 18.4. The molecule has 1 amide bonds. The van der Waals surface area contributed by atoms with Gasteiger partial charge in [0.2, 0.25) is 5.91 Å². The zero-order chi connectivity index (χ0) is 18.9. The zero-order valence-corrected chi connectivity index (χ0v) is 20.4. The van der Waals surface area contributed by atoms with Crippen LogP contribution in [0.4, 0.5) is 0 Å². The predicted octanol–water partition coefficient (Wildman–Crippen LogP) is 2.24. The summed E-state index contributed by atoms with van der Waals surface area (Å²) < 4.78 is 0.150. The van der Waals surface area contributed by atoms with Crippen LogP contribution in [-0.4, -0.2) is 85.5 Å². The summed E-state index contributed by atoms with van der Waals surface area (Å²) in [5, 5.41) is 6.72. The molecule has 1 aliphatic rings. The Morgan fingerprint density at radius 2 is 2.04 bits per heavy atom. The van der Waals surface area contributed by atoms with Gasteiger partial charge in [0.15, 0.2) is 5.96 Å². The monoisotopic (exact) mass is 499 g/mol. The molecule has 0 saturated carbocycles. The minimum atomic E-state index is 0. The topological polar surface area (TPSA) is 60.0 Å². The van der Waals surface area contributed by atoms with Gasteiger partial charge in [0.1, 0.15) is 0 Å². The van der Waals surface area contributed by atoms with Crippen molar-refractivity contribution in [2.24, 2.45) is 4.99 Å². The van der Waals surface area contributed by atoms with Crippen molar-refractivity contribution in [2.75, 3.05) is 53.1 Å². The van der Waals surface area contributed by atoms with Crippen LogP contribution in [0.2, 0.25) is 0 Å². The van der Waals surface area contributed by atoms with Crippen LogP contribution >= 0.6 is 35.7 Å². The molecule has 1 fully saturated rings. The minimum Gasteiger partial charge on any atom is -0.357 e. The van der Waals surface area contributed by atoms with Crippen LogP contribution in [0, 0.1) is 0 Å². The molecule has 1 saturated heterocycles. The Hall–Kier alpha value is -0.220. The van der Waals surface area contributed by atoms with Crippen LogP contribution in [0.3, 0.4) is 0 Å². The van der Waals surface area contributed by atoms with Crippen molar-refractivity contribution in [3.8, 4) is 0 Å². The lowest BCUT2D eigenvalue weighted by Gasteiger charge is -2.26. The van der Waals surface area contributed by atoms with Crippen molar-refractivity contribution in [2.45, 2.75) is 50.8 Å². The molecule has 0 aromatic carbocycles. The lowest BCUT2D eigenvalue weighted by molar-refractivity contribution is -0.133. The van der Waals surface area contributed by atoms with Gasteiger partial charge in [-0.3, -0.25) is 14.7 Å². The van der Waals surface area contributed by atoms with E-state index >= 15 is 0 Å². The number of rotatable bonds is 9. The summed E-state index contributed by atoms with van der Waals surface area (Å²) in [7, 11) is 3.69. The summed E-state index contributed by atoms with van der Waals surface area (Å²) in [6.07, 6.45) is 5.23. The lowest BCUT2D eigenvalue weighted by atomic mass is 10.2. The summed E-state index contributed by atoms with van der Waals surface area (Å²) in [5.41, 5.74) is 0. The number of likely N-dealkylation sites (tertiary alicyclic amines) is 1. The summed E-state index contributed by atoms with van der Waals surface area (Å²) in [4.78, 5) is 21.0. The van der Waals surface area contributed by atoms with Gasteiger partial charge in [-0.2, -0.15) is 11.8 Å². The second-order valence-electron chi connectivity index (χ2n) is 7.37. The van der Waals surface area contributed by atoms with E-state index in [1.165, 1.54) is 0 Å². The molecular formula is C18H38IN5OS. The van der Waals surface area contributed by atoms with Gasteiger partial charge >= 0.3 is 0 Å². The molecule has 1 unspecified atom stereocenters. The Labute approximate surface area is 181 Å². The first-order valence-corrected chi connectivity index (χ1v) is 10.6. The van der Waals surface area contributed by atoms with Crippen molar-refractivity contribution in [3.05, 3.63) is 0 Å². The molecular weight excluding hydrogens is 461 g/mol. The third-order valence-electron chi connectivity index (χ3n) is 4.52. The number of halogens is 1. The molecule has 6 nitrogen and oxygen atoms in total. The molecule has 0 aromatic heterocycles. The number of amides is 1. The number of carbonyl (C=O) groups excluding carboxylic acids is 1. The van der Waals surface area contributed by atoms with Crippen molar-refractivity contribution >= 4 is 47.6 Å². The van der Waals surface area contributed by atoms with E-state index in [1.807, 2.05) is 25.9 Å². The zero-order valence-electron chi connectivity index (χ0n) is 17.3. The SMILES string of the molecule is CCNC(=NCC(C)(C)SC)NCCCN1CCCC1C(=O)N(C)C.I.